The van der Waals surface area contributed by atoms with Crippen LogP contribution in [0, 0.1) is 0 Å². The molecule has 0 aliphatic heterocycles. The van der Waals surface area contributed by atoms with Crippen LogP contribution < -0.4 is 15.2 Å². The van der Waals surface area contributed by atoms with Crippen molar-refractivity contribution in [2.45, 2.75) is 19.4 Å². The van der Waals surface area contributed by atoms with E-state index < -0.39 is 6.04 Å². The average Bonchev–Trinajstić information content (AvgIpc) is 2.61. The number of hydrogen-bond donors (Lipinski definition) is 1. The third-order valence-electron chi connectivity index (χ3n) is 3.73. The van der Waals surface area contributed by atoms with Gasteiger partial charge in [-0.25, -0.2) is 0 Å². The fourth-order valence-corrected chi connectivity index (χ4v) is 2.49. The molecule has 128 valence electrons. The molecule has 2 aromatic rings. The number of hydrogen-bond acceptors (Lipinski definition) is 5. The van der Waals surface area contributed by atoms with E-state index in [9.17, 15) is 4.79 Å². The summed E-state index contributed by atoms with van der Waals surface area (Å²) in [7, 11) is 3.23. The Morgan fingerprint density at radius 2 is 1.92 bits per heavy atom. The highest BCUT2D eigenvalue weighted by Gasteiger charge is 2.14. The van der Waals surface area contributed by atoms with Crippen molar-refractivity contribution in [2.24, 2.45) is 5.73 Å². The molecular weight excluding hydrogens is 306 g/mol. The van der Waals surface area contributed by atoms with E-state index in [1.54, 1.807) is 21.1 Å². The highest BCUT2D eigenvalue weighted by Crippen LogP contribution is 2.34. The maximum atomic E-state index is 11.6. The number of methoxy groups -OCH3 is 2. The zero-order valence-corrected chi connectivity index (χ0v) is 14.2. The minimum absolute atomic E-state index is 0.150. The van der Waals surface area contributed by atoms with Gasteiger partial charge in [-0.05, 0) is 36.2 Å². The van der Waals surface area contributed by atoms with Crippen LogP contribution in [-0.4, -0.2) is 26.8 Å². The van der Waals surface area contributed by atoms with Gasteiger partial charge in [-0.2, -0.15) is 0 Å². The smallest absolute Gasteiger partial charge is 0.307 e. The zero-order chi connectivity index (χ0) is 17.5. The molecule has 0 heterocycles. The lowest BCUT2D eigenvalue weighted by molar-refractivity contribution is -0.143. The van der Waals surface area contributed by atoms with E-state index in [1.165, 1.54) is 0 Å². The molecular formula is C19H23NO4. The molecule has 0 spiro atoms. The van der Waals surface area contributed by atoms with Crippen molar-refractivity contribution in [1.29, 1.82) is 0 Å². The lowest BCUT2D eigenvalue weighted by Gasteiger charge is -2.14. The predicted octanol–water partition coefficient (Wildman–Crippen LogP) is 3.32. The maximum absolute atomic E-state index is 11.6. The van der Waals surface area contributed by atoms with Gasteiger partial charge in [0, 0.05) is 17.7 Å². The summed E-state index contributed by atoms with van der Waals surface area (Å²) in [4.78, 5) is 11.6. The van der Waals surface area contributed by atoms with Crippen molar-refractivity contribution in [1.82, 2.24) is 0 Å². The van der Waals surface area contributed by atoms with E-state index >= 15 is 0 Å². The Balaban J connectivity index is 2.29. The first-order valence-electron chi connectivity index (χ1n) is 7.82. The SMILES string of the molecule is CCOC(=O)CC(N)c1cccc(-c2ccc(OC)cc2OC)c1. The fourth-order valence-electron chi connectivity index (χ4n) is 2.49. The van der Waals surface area contributed by atoms with Gasteiger partial charge in [-0.15, -0.1) is 0 Å². The van der Waals surface area contributed by atoms with Gasteiger partial charge in [0.2, 0.25) is 0 Å². The highest BCUT2D eigenvalue weighted by atomic mass is 16.5. The first-order chi connectivity index (χ1) is 11.6. The summed E-state index contributed by atoms with van der Waals surface area (Å²) in [6.07, 6.45) is 0.150. The molecule has 0 radical (unpaired) electrons. The van der Waals surface area contributed by atoms with E-state index in [1.807, 2.05) is 42.5 Å². The number of esters is 1. The number of rotatable bonds is 7. The third kappa shape index (κ3) is 4.26. The second-order valence-electron chi connectivity index (χ2n) is 5.31. The molecule has 0 aliphatic carbocycles. The van der Waals surface area contributed by atoms with E-state index in [4.69, 9.17) is 19.9 Å². The van der Waals surface area contributed by atoms with Crippen molar-refractivity contribution in [3.63, 3.8) is 0 Å². The first-order valence-corrected chi connectivity index (χ1v) is 7.82. The Bertz CT molecular complexity index is 700. The van der Waals surface area contributed by atoms with Crippen LogP contribution in [0.5, 0.6) is 11.5 Å². The Hall–Kier alpha value is -2.53. The largest absolute Gasteiger partial charge is 0.497 e. The quantitative estimate of drug-likeness (QED) is 0.789. The van der Waals surface area contributed by atoms with Crippen LogP contribution >= 0.6 is 0 Å². The molecule has 1 atom stereocenters. The fraction of sp³-hybridized carbons (Fsp3) is 0.316. The zero-order valence-electron chi connectivity index (χ0n) is 14.2. The molecule has 2 aromatic carbocycles. The molecule has 0 fully saturated rings. The Labute approximate surface area is 142 Å². The molecule has 5 heteroatoms. The third-order valence-corrected chi connectivity index (χ3v) is 3.73. The first kappa shape index (κ1) is 17.8. The topological polar surface area (TPSA) is 70.8 Å². The van der Waals surface area contributed by atoms with Gasteiger partial charge in [0.1, 0.15) is 11.5 Å². The minimum atomic E-state index is -0.409. The summed E-state index contributed by atoms with van der Waals surface area (Å²) in [5, 5.41) is 0. The van der Waals surface area contributed by atoms with Gasteiger partial charge < -0.3 is 19.9 Å². The summed E-state index contributed by atoms with van der Waals surface area (Å²) < 4.78 is 15.6. The van der Waals surface area contributed by atoms with E-state index in [-0.39, 0.29) is 12.4 Å². The molecule has 5 nitrogen and oxygen atoms in total. The summed E-state index contributed by atoms with van der Waals surface area (Å²) in [6.45, 7) is 2.13. The van der Waals surface area contributed by atoms with Gasteiger partial charge in [-0.1, -0.05) is 18.2 Å². The van der Waals surface area contributed by atoms with Crippen molar-refractivity contribution in [3.05, 3.63) is 48.0 Å². The molecule has 0 bridgehead atoms. The van der Waals surface area contributed by atoms with E-state index in [0.29, 0.717) is 12.4 Å². The summed E-state index contributed by atoms with van der Waals surface area (Å²) >= 11 is 0. The van der Waals surface area contributed by atoms with Crippen molar-refractivity contribution >= 4 is 5.97 Å². The average molecular weight is 329 g/mol. The van der Waals surface area contributed by atoms with Gasteiger partial charge >= 0.3 is 5.97 Å². The molecule has 2 rings (SSSR count). The molecule has 1 unspecified atom stereocenters. The Kier molecular flexibility index (Phi) is 6.21. The monoisotopic (exact) mass is 329 g/mol. The number of nitrogens with two attached hydrogens (primary N) is 1. The van der Waals surface area contributed by atoms with Gasteiger partial charge in [0.15, 0.2) is 0 Å². The predicted molar refractivity (Wildman–Crippen MR) is 93.2 cm³/mol. The van der Waals surface area contributed by atoms with Crippen LogP contribution in [0.3, 0.4) is 0 Å². The second kappa shape index (κ2) is 8.36. The van der Waals surface area contributed by atoms with Crippen LogP contribution in [0.25, 0.3) is 11.1 Å². The lowest BCUT2D eigenvalue weighted by atomic mass is 9.97. The minimum Gasteiger partial charge on any atom is -0.497 e. The normalized spacial score (nSPS) is 11.7. The van der Waals surface area contributed by atoms with Crippen LogP contribution in [0.15, 0.2) is 42.5 Å². The molecule has 0 aliphatic rings. The molecule has 2 N–H and O–H groups in total. The maximum Gasteiger partial charge on any atom is 0.307 e. The van der Waals surface area contributed by atoms with Crippen LogP contribution in [-0.2, 0) is 9.53 Å². The highest BCUT2D eigenvalue weighted by molar-refractivity contribution is 5.73. The van der Waals surface area contributed by atoms with Gasteiger partial charge in [0.05, 0.1) is 27.2 Å². The number of benzene rings is 2. The van der Waals surface area contributed by atoms with E-state index in [2.05, 4.69) is 0 Å². The molecule has 0 amide bonds. The summed E-state index contributed by atoms with van der Waals surface area (Å²) in [6, 6.07) is 13.0. The second-order valence-corrected chi connectivity index (χ2v) is 5.31. The van der Waals surface area contributed by atoms with Crippen molar-refractivity contribution < 1.29 is 19.0 Å². The van der Waals surface area contributed by atoms with Crippen LogP contribution in [0.4, 0.5) is 0 Å². The number of carbonyl (C=O) groups is 1. The van der Waals surface area contributed by atoms with Gasteiger partial charge in [-0.3, -0.25) is 4.79 Å². The summed E-state index contributed by atoms with van der Waals surface area (Å²) in [5.74, 6) is 1.15. The van der Waals surface area contributed by atoms with Crippen LogP contribution in [0.1, 0.15) is 24.9 Å². The van der Waals surface area contributed by atoms with E-state index in [0.717, 1.165) is 22.4 Å². The molecule has 0 aromatic heterocycles. The Morgan fingerprint density at radius 3 is 2.58 bits per heavy atom. The number of ether oxygens (including phenoxy) is 3. The number of carbonyl (C=O) groups excluding carboxylic acids is 1. The molecule has 24 heavy (non-hydrogen) atoms. The van der Waals surface area contributed by atoms with Gasteiger partial charge in [0.25, 0.3) is 0 Å². The molecule has 0 saturated carbocycles. The standard InChI is InChI=1S/C19H23NO4/c1-4-24-19(21)12-17(20)14-7-5-6-13(10-14)16-9-8-15(22-2)11-18(16)23-3/h5-11,17H,4,12,20H2,1-3H3. The Morgan fingerprint density at radius 1 is 1.12 bits per heavy atom. The van der Waals surface area contributed by atoms with Crippen LogP contribution in [0.2, 0.25) is 0 Å². The lowest BCUT2D eigenvalue weighted by Crippen LogP contribution is -2.17. The van der Waals surface area contributed by atoms with Crippen molar-refractivity contribution in [3.8, 4) is 22.6 Å². The molecule has 0 saturated heterocycles. The van der Waals surface area contributed by atoms with Crippen molar-refractivity contribution in [2.75, 3.05) is 20.8 Å². The summed E-state index contributed by atoms with van der Waals surface area (Å²) in [5.41, 5.74) is 8.91.